The van der Waals surface area contributed by atoms with Gasteiger partial charge in [-0.05, 0) is 0 Å². The number of methoxy groups -OCH3 is 1. The van der Waals surface area contributed by atoms with E-state index in [1.807, 2.05) is 0 Å². The van der Waals surface area contributed by atoms with Crippen molar-refractivity contribution in [3.63, 3.8) is 0 Å². The molecule has 18 heavy (non-hydrogen) atoms. The molecular weight excluding hydrogens is 244 g/mol. The molecule has 2 atom stereocenters. The second kappa shape index (κ2) is 6.80. The molecule has 2 amide bonds. The zero-order valence-electron chi connectivity index (χ0n) is 9.97. The molecule has 0 spiro atoms. The monoisotopic (exact) mass is 260 g/mol. The van der Waals surface area contributed by atoms with Gasteiger partial charge in [0.05, 0.1) is 32.8 Å². The Morgan fingerprint density at radius 3 is 2.72 bits per heavy atom. The quantitative estimate of drug-likeness (QED) is 0.543. The molecule has 0 aromatic carbocycles. The lowest BCUT2D eigenvalue weighted by Crippen LogP contribution is -2.47. The van der Waals surface area contributed by atoms with E-state index >= 15 is 0 Å². The van der Waals surface area contributed by atoms with Crippen LogP contribution >= 0.6 is 0 Å². The van der Waals surface area contributed by atoms with Gasteiger partial charge < -0.3 is 25.2 Å². The maximum absolute atomic E-state index is 11.4. The minimum atomic E-state index is -1.01. The summed E-state index contributed by atoms with van der Waals surface area (Å²) in [5.41, 5.74) is 0. The van der Waals surface area contributed by atoms with Crippen molar-refractivity contribution in [2.75, 3.05) is 26.9 Å². The van der Waals surface area contributed by atoms with E-state index in [-0.39, 0.29) is 26.2 Å². The van der Waals surface area contributed by atoms with Crippen LogP contribution in [0, 0.1) is 5.92 Å². The molecule has 8 heteroatoms. The van der Waals surface area contributed by atoms with Crippen LogP contribution in [-0.4, -0.2) is 56.0 Å². The zero-order valence-corrected chi connectivity index (χ0v) is 9.97. The van der Waals surface area contributed by atoms with Crippen LogP contribution in [0.2, 0.25) is 0 Å². The summed E-state index contributed by atoms with van der Waals surface area (Å²) in [6.07, 6.45) is 0.0629. The number of esters is 1. The van der Waals surface area contributed by atoms with Crippen molar-refractivity contribution in [3.05, 3.63) is 0 Å². The molecule has 3 N–H and O–H groups in total. The normalized spacial score (nSPS) is 22.3. The zero-order chi connectivity index (χ0) is 13.5. The van der Waals surface area contributed by atoms with Crippen molar-refractivity contribution < 1.29 is 29.0 Å². The number of urea groups is 1. The summed E-state index contributed by atoms with van der Waals surface area (Å²) in [5, 5.41) is 13.8. The molecule has 1 heterocycles. The van der Waals surface area contributed by atoms with Gasteiger partial charge in [0.2, 0.25) is 0 Å². The molecule has 0 aliphatic carbocycles. The average molecular weight is 260 g/mol. The fourth-order valence-corrected chi connectivity index (χ4v) is 1.54. The Bertz CT molecular complexity index is 332. The van der Waals surface area contributed by atoms with E-state index < -0.39 is 29.9 Å². The lowest BCUT2D eigenvalue weighted by atomic mass is 10.0. The third-order valence-corrected chi connectivity index (χ3v) is 2.56. The van der Waals surface area contributed by atoms with Gasteiger partial charge in [0.15, 0.2) is 0 Å². The highest BCUT2D eigenvalue weighted by Crippen LogP contribution is 2.13. The van der Waals surface area contributed by atoms with E-state index in [1.165, 1.54) is 7.11 Å². The number of hydrogen-bond donors (Lipinski definition) is 3. The highest BCUT2D eigenvalue weighted by atomic mass is 16.5. The SMILES string of the molecule is COC(=O)CCNC(=O)NC1COCC1C(=O)O. The van der Waals surface area contributed by atoms with Crippen molar-refractivity contribution in [1.29, 1.82) is 0 Å². The van der Waals surface area contributed by atoms with Crippen LogP contribution in [0.15, 0.2) is 0 Å². The second-order valence-corrected chi connectivity index (χ2v) is 3.82. The lowest BCUT2D eigenvalue weighted by Gasteiger charge is -2.15. The van der Waals surface area contributed by atoms with Crippen LogP contribution in [0.25, 0.3) is 0 Å². The number of carboxylic acids is 1. The number of rotatable bonds is 5. The van der Waals surface area contributed by atoms with Crippen LogP contribution in [0.4, 0.5) is 4.79 Å². The van der Waals surface area contributed by atoms with E-state index in [2.05, 4.69) is 15.4 Å². The van der Waals surface area contributed by atoms with Crippen LogP contribution in [0.5, 0.6) is 0 Å². The number of carboxylic acid groups (broad SMARTS) is 1. The standard InChI is InChI=1S/C10H16N2O6/c1-17-8(13)2-3-11-10(16)12-7-5-18-4-6(7)9(14)15/h6-7H,2-5H2,1H3,(H,14,15)(H2,11,12,16). The highest BCUT2D eigenvalue weighted by molar-refractivity contribution is 5.77. The Labute approximate surface area is 104 Å². The maximum Gasteiger partial charge on any atom is 0.315 e. The Balaban J connectivity index is 2.27. The molecule has 1 aliphatic rings. The molecule has 8 nitrogen and oxygen atoms in total. The van der Waals surface area contributed by atoms with Crippen LogP contribution in [-0.2, 0) is 19.1 Å². The van der Waals surface area contributed by atoms with Crippen molar-refractivity contribution >= 4 is 18.0 Å². The fourth-order valence-electron chi connectivity index (χ4n) is 1.54. The maximum atomic E-state index is 11.4. The summed E-state index contributed by atoms with van der Waals surface area (Å²) in [7, 11) is 1.26. The van der Waals surface area contributed by atoms with E-state index in [1.54, 1.807) is 0 Å². The van der Waals surface area contributed by atoms with Crippen LogP contribution < -0.4 is 10.6 Å². The topological polar surface area (TPSA) is 114 Å². The predicted octanol–water partition coefficient (Wildman–Crippen LogP) is -1.05. The van der Waals surface area contributed by atoms with Gasteiger partial charge >= 0.3 is 18.0 Å². The number of nitrogens with one attached hydrogen (secondary N) is 2. The van der Waals surface area contributed by atoms with Crippen molar-refractivity contribution in [2.45, 2.75) is 12.5 Å². The van der Waals surface area contributed by atoms with Gasteiger partial charge in [-0.25, -0.2) is 4.79 Å². The van der Waals surface area contributed by atoms with Crippen molar-refractivity contribution in [1.82, 2.24) is 10.6 Å². The van der Waals surface area contributed by atoms with Gasteiger partial charge in [-0.1, -0.05) is 0 Å². The molecule has 0 aromatic heterocycles. The van der Waals surface area contributed by atoms with Crippen LogP contribution in [0.1, 0.15) is 6.42 Å². The van der Waals surface area contributed by atoms with E-state index in [0.717, 1.165) is 0 Å². The van der Waals surface area contributed by atoms with Gasteiger partial charge in [-0.3, -0.25) is 9.59 Å². The average Bonchev–Trinajstić information content (AvgIpc) is 2.76. The Morgan fingerprint density at radius 1 is 1.39 bits per heavy atom. The van der Waals surface area contributed by atoms with Crippen LogP contribution in [0.3, 0.4) is 0 Å². The molecule has 1 rings (SSSR count). The van der Waals surface area contributed by atoms with Gasteiger partial charge in [0, 0.05) is 6.54 Å². The first-order valence-electron chi connectivity index (χ1n) is 5.46. The predicted molar refractivity (Wildman–Crippen MR) is 58.9 cm³/mol. The fraction of sp³-hybridized carbons (Fsp3) is 0.700. The molecule has 102 valence electrons. The largest absolute Gasteiger partial charge is 0.481 e. The van der Waals surface area contributed by atoms with Gasteiger partial charge in [0.25, 0.3) is 0 Å². The molecule has 0 aromatic rings. The Morgan fingerprint density at radius 2 is 2.11 bits per heavy atom. The number of ether oxygens (including phenoxy) is 2. The molecular formula is C10H16N2O6. The number of amides is 2. The summed E-state index contributed by atoms with van der Waals surface area (Å²) in [6, 6.07) is -1.08. The third-order valence-electron chi connectivity index (χ3n) is 2.56. The molecule has 0 saturated carbocycles. The van der Waals surface area contributed by atoms with Crippen molar-refractivity contribution in [3.8, 4) is 0 Å². The first kappa shape index (κ1) is 14.2. The summed E-state index contributed by atoms with van der Waals surface area (Å²) in [4.78, 5) is 33.0. The third kappa shape index (κ3) is 4.21. The summed E-state index contributed by atoms with van der Waals surface area (Å²) >= 11 is 0. The minimum Gasteiger partial charge on any atom is -0.481 e. The molecule has 2 unspecified atom stereocenters. The molecule has 0 bridgehead atoms. The number of aliphatic carboxylic acids is 1. The summed E-state index contributed by atoms with van der Waals surface area (Å²) in [6.45, 7) is 0.383. The van der Waals surface area contributed by atoms with Crippen molar-refractivity contribution in [2.24, 2.45) is 5.92 Å². The Hall–Kier alpha value is -1.83. The number of hydrogen-bond acceptors (Lipinski definition) is 5. The van der Waals surface area contributed by atoms with Gasteiger partial charge in [-0.15, -0.1) is 0 Å². The smallest absolute Gasteiger partial charge is 0.315 e. The minimum absolute atomic E-state index is 0.0629. The molecule has 1 fully saturated rings. The first-order chi connectivity index (χ1) is 8.54. The highest BCUT2D eigenvalue weighted by Gasteiger charge is 2.34. The summed E-state index contributed by atoms with van der Waals surface area (Å²) < 4.78 is 9.40. The number of carbonyl (C=O) groups excluding carboxylic acids is 2. The molecule has 1 aliphatic heterocycles. The lowest BCUT2D eigenvalue weighted by molar-refractivity contribution is -0.142. The van der Waals surface area contributed by atoms with E-state index in [0.29, 0.717) is 0 Å². The van der Waals surface area contributed by atoms with E-state index in [4.69, 9.17) is 9.84 Å². The summed E-state index contributed by atoms with van der Waals surface area (Å²) in [5.74, 6) is -2.17. The number of carbonyl (C=O) groups is 3. The molecule has 1 saturated heterocycles. The second-order valence-electron chi connectivity index (χ2n) is 3.82. The Kier molecular flexibility index (Phi) is 5.37. The first-order valence-corrected chi connectivity index (χ1v) is 5.46. The molecule has 0 radical (unpaired) electrons. The van der Waals surface area contributed by atoms with Gasteiger partial charge in [-0.2, -0.15) is 0 Å². The van der Waals surface area contributed by atoms with E-state index in [9.17, 15) is 14.4 Å². The van der Waals surface area contributed by atoms with Gasteiger partial charge in [0.1, 0.15) is 5.92 Å².